The molecule has 3 rings (SSSR count). The summed E-state index contributed by atoms with van der Waals surface area (Å²) in [6.07, 6.45) is 0. The van der Waals surface area contributed by atoms with E-state index in [0.717, 1.165) is 42.7 Å². The first-order valence-electron chi connectivity index (χ1n) is 5.94. The van der Waals surface area contributed by atoms with Crippen molar-refractivity contribution in [3.05, 3.63) is 16.8 Å². The summed E-state index contributed by atoms with van der Waals surface area (Å²) in [6, 6.07) is 2.21. The number of aromatic nitrogens is 2. The van der Waals surface area contributed by atoms with Crippen LogP contribution in [0.3, 0.4) is 0 Å². The van der Waals surface area contributed by atoms with Gasteiger partial charge in [-0.3, -0.25) is 0 Å². The number of rotatable bonds is 1. The number of nitrogens with zero attached hydrogens (tertiary/aromatic N) is 3. The zero-order valence-electron chi connectivity index (χ0n) is 10.2. The van der Waals surface area contributed by atoms with Gasteiger partial charge in [0.25, 0.3) is 0 Å². The maximum Gasteiger partial charge on any atom is 0.141 e. The van der Waals surface area contributed by atoms with Crippen LogP contribution < -0.4 is 10.2 Å². The molecule has 0 aromatic carbocycles. The summed E-state index contributed by atoms with van der Waals surface area (Å²) in [4.78, 5) is 13.9. The van der Waals surface area contributed by atoms with Crippen LogP contribution in [0.15, 0.2) is 6.07 Å². The molecular weight excluding hydrogens is 232 g/mol. The monoisotopic (exact) mass is 248 g/mol. The van der Waals surface area contributed by atoms with E-state index in [0.29, 0.717) is 0 Å². The standard InChI is InChI=1S/C12H16N4S/c1-8-7-10-11(16-5-3-13-4-6-16)14-9(2)15-12(10)17-8/h7,13H,3-6H2,1-2H3. The molecule has 2 aromatic rings. The Balaban J connectivity index is 2.12. The average Bonchev–Trinajstić information content (AvgIpc) is 2.69. The highest BCUT2D eigenvalue weighted by atomic mass is 32.1. The van der Waals surface area contributed by atoms with Gasteiger partial charge >= 0.3 is 0 Å². The lowest BCUT2D eigenvalue weighted by atomic mass is 10.3. The van der Waals surface area contributed by atoms with Crippen LogP contribution in [0.4, 0.5) is 5.82 Å². The fraction of sp³-hybridized carbons (Fsp3) is 0.500. The molecule has 3 heterocycles. The summed E-state index contributed by atoms with van der Waals surface area (Å²) in [5, 5.41) is 4.58. The van der Waals surface area contributed by atoms with E-state index >= 15 is 0 Å². The Kier molecular flexibility index (Phi) is 2.72. The third-order valence-electron chi connectivity index (χ3n) is 3.02. The smallest absolute Gasteiger partial charge is 0.141 e. The summed E-state index contributed by atoms with van der Waals surface area (Å²) in [7, 11) is 0. The van der Waals surface area contributed by atoms with Crippen LogP contribution in [-0.2, 0) is 0 Å². The molecule has 4 nitrogen and oxygen atoms in total. The van der Waals surface area contributed by atoms with Crippen molar-refractivity contribution in [2.24, 2.45) is 0 Å². The number of hydrogen-bond donors (Lipinski definition) is 1. The number of anilines is 1. The van der Waals surface area contributed by atoms with Crippen LogP contribution in [0.5, 0.6) is 0 Å². The largest absolute Gasteiger partial charge is 0.353 e. The van der Waals surface area contributed by atoms with E-state index in [2.05, 4.69) is 33.2 Å². The van der Waals surface area contributed by atoms with E-state index in [1.807, 2.05) is 6.92 Å². The summed E-state index contributed by atoms with van der Waals surface area (Å²) >= 11 is 1.75. The van der Waals surface area contributed by atoms with Gasteiger partial charge in [-0.05, 0) is 19.9 Å². The van der Waals surface area contributed by atoms with Crippen molar-refractivity contribution >= 4 is 27.4 Å². The van der Waals surface area contributed by atoms with Crippen molar-refractivity contribution in [2.75, 3.05) is 31.1 Å². The molecule has 90 valence electrons. The number of piperazine rings is 1. The molecule has 1 saturated heterocycles. The van der Waals surface area contributed by atoms with E-state index in [1.165, 1.54) is 10.3 Å². The molecule has 0 bridgehead atoms. The number of thiophene rings is 1. The van der Waals surface area contributed by atoms with E-state index in [1.54, 1.807) is 11.3 Å². The SMILES string of the molecule is Cc1nc(N2CCNCC2)c2cc(C)sc2n1. The van der Waals surface area contributed by atoms with Gasteiger partial charge in [-0.1, -0.05) is 0 Å². The summed E-state index contributed by atoms with van der Waals surface area (Å²) in [6.45, 7) is 8.23. The first-order chi connectivity index (χ1) is 8.24. The third kappa shape index (κ3) is 2.00. The molecule has 2 aromatic heterocycles. The number of aryl methyl sites for hydroxylation is 2. The fourth-order valence-corrected chi connectivity index (χ4v) is 3.17. The Morgan fingerprint density at radius 3 is 2.76 bits per heavy atom. The first kappa shape index (κ1) is 10.9. The van der Waals surface area contributed by atoms with Gasteiger partial charge < -0.3 is 10.2 Å². The maximum absolute atomic E-state index is 4.63. The van der Waals surface area contributed by atoms with Crippen molar-refractivity contribution in [3.8, 4) is 0 Å². The molecule has 17 heavy (non-hydrogen) atoms. The van der Waals surface area contributed by atoms with Crippen LogP contribution in [-0.4, -0.2) is 36.1 Å². The Hall–Kier alpha value is -1.20. The van der Waals surface area contributed by atoms with Crippen molar-refractivity contribution < 1.29 is 0 Å². The first-order valence-corrected chi connectivity index (χ1v) is 6.76. The Labute approximate surface area is 105 Å². The van der Waals surface area contributed by atoms with Crippen molar-refractivity contribution in [1.82, 2.24) is 15.3 Å². The van der Waals surface area contributed by atoms with Crippen LogP contribution in [0, 0.1) is 13.8 Å². The lowest BCUT2D eigenvalue weighted by Gasteiger charge is -2.28. The molecule has 1 aliphatic rings. The van der Waals surface area contributed by atoms with Crippen LogP contribution >= 0.6 is 11.3 Å². The normalized spacial score (nSPS) is 16.7. The van der Waals surface area contributed by atoms with Gasteiger partial charge in [0, 0.05) is 31.1 Å². The lowest BCUT2D eigenvalue weighted by molar-refractivity contribution is 0.585. The molecule has 0 unspecified atom stereocenters. The zero-order valence-corrected chi connectivity index (χ0v) is 11.0. The quantitative estimate of drug-likeness (QED) is 0.834. The third-order valence-corrected chi connectivity index (χ3v) is 3.97. The second-order valence-corrected chi connectivity index (χ2v) is 5.64. The highest BCUT2D eigenvalue weighted by Gasteiger charge is 2.17. The number of fused-ring (bicyclic) bond motifs is 1. The van der Waals surface area contributed by atoms with Gasteiger partial charge in [-0.25, -0.2) is 9.97 Å². The topological polar surface area (TPSA) is 41.1 Å². The summed E-state index contributed by atoms with van der Waals surface area (Å²) in [5.41, 5.74) is 0. The van der Waals surface area contributed by atoms with Gasteiger partial charge in [0.1, 0.15) is 16.5 Å². The fourth-order valence-electron chi connectivity index (χ4n) is 2.25. The van der Waals surface area contributed by atoms with Gasteiger partial charge in [-0.2, -0.15) is 0 Å². The maximum atomic E-state index is 4.63. The molecule has 0 radical (unpaired) electrons. The Bertz CT molecular complexity index is 543. The molecule has 0 saturated carbocycles. The predicted octanol–water partition coefficient (Wildman–Crippen LogP) is 1.72. The molecule has 1 fully saturated rings. The lowest BCUT2D eigenvalue weighted by Crippen LogP contribution is -2.44. The van der Waals surface area contributed by atoms with Crippen LogP contribution in [0.25, 0.3) is 10.2 Å². The number of nitrogens with one attached hydrogen (secondary N) is 1. The van der Waals surface area contributed by atoms with Gasteiger partial charge in [-0.15, -0.1) is 11.3 Å². The summed E-state index contributed by atoms with van der Waals surface area (Å²) < 4.78 is 0. The highest BCUT2D eigenvalue weighted by molar-refractivity contribution is 7.18. The van der Waals surface area contributed by atoms with Gasteiger partial charge in [0.15, 0.2) is 0 Å². The molecule has 0 amide bonds. The Morgan fingerprint density at radius 2 is 2.00 bits per heavy atom. The van der Waals surface area contributed by atoms with Gasteiger partial charge in [0.2, 0.25) is 0 Å². The minimum absolute atomic E-state index is 0.868. The van der Waals surface area contributed by atoms with E-state index in [4.69, 9.17) is 0 Å². The Morgan fingerprint density at radius 1 is 1.24 bits per heavy atom. The second kappa shape index (κ2) is 4.23. The van der Waals surface area contributed by atoms with Crippen molar-refractivity contribution in [1.29, 1.82) is 0 Å². The van der Waals surface area contributed by atoms with E-state index in [9.17, 15) is 0 Å². The molecule has 1 N–H and O–H groups in total. The predicted molar refractivity (Wildman–Crippen MR) is 72.0 cm³/mol. The molecule has 0 spiro atoms. The van der Waals surface area contributed by atoms with E-state index in [-0.39, 0.29) is 0 Å². The molecule has 1 aliphatic heterocycles. The van der Waals surface area contributed by atoms with Crippen molar-refractivity contribution in [3.63, 3.8) is 0 Å². The van der Waals surface area contributed by atoms with Gasteiger partial charge in [0.05, 0.1) is 5.39 Å². The highest BCUT2D eigenvalue weighted by Crippen LogP contribution is 2.30. The van der Waals surface area contributed by atoms with Crippen LogP contribution in [0.1, 0.15) is 10.7 Å². The number of hydrogen-bond acceptors (Lipinski definition) is 5. The molecular formula is C12H16N4S. The minimum atomic E-state index is 0.868. The van der Waals surface area contributed by atoms with Crippen LogP contribution in [0.2, 0.25) is 0 Å². The van der Waals surface area contributed by atoms with E-state index < -0.39 is 0 Å². The van der Waals surface area contributed by atoms with Crippen molar-refractivity contribution in [2.45, 2.75) is 13.8 Å². The average molecular weight is 248 g/mol. The zero-order chi connectivity index (χ0) is 11.8. The second-order valence-electron chi connectivity index (χ2n) is 4.41. The molecule has 0 aliphatic carbocycles. The minimum Gasteiger partial charge on any atom is -0.353 e. The molecule has 5 heteroatoms. The molecule has 0 atom stereocenters. The summed E-state index contributed by atoms with van der Waals surface area (Å²) in [5.74, 6) is 1.98.